The minimum absolute atomic E-state index is 0.0525. The van der Waals surface area contributed by atoms with Crippen LogP contribution in [-0.4, -0.2) is 43.9 Å². The predicted molar refractivity (Wildman–Crippen MR) is 123 cm³/mol. The quantitative estimate of drug-likeness (QED) is 0.463. The van der Waals surface area contributed by atoms with E-state index < -0.39 is 11.7 Å². The number of rotatable bonds is 7. The van der Waals surface area contributed by atoms with Crippen LogP contribution in [0.3, 0.4) is 0 Å². The van der Waals surface area contributed by atoms with E-state index in [-0.39, 0.29) is 30.0 Å². The summed E-state index contributed by atoms with van der Waals surface area (Å²) < 4.78 is 39.4. The summed E-state index contributed by atoms with van der Waals surface area (Å²) in [4.78, 5) is 33.7. The Kier molecular flexibility index (Phi) is 7.37. The number of carbonyl (C=O) groups is 1. The summed E-state index contributed by atoms with van der Waals surface area (Å²) in [6.45, 7) is -0.214. The van der Waals surface area contributed by atoms with Crippen LogP contribution < -0.4 is 16.0 Å². The second kappa shape index (κ2) is 10.6. The third kappa shape index (κ3) is 6.19. The predicted octanol–water partition coefficient (Wildman–Crippen LogP) is 3.68. The molecule has 0 saturated heterocycles. The van der Waals surface area contributed by atoms with E-state index in [9.17, 15) is 18.0 Å². The average Bonchev–Trinajstić information content (AvgIpc) is 2.87. The minimum Gasteiger partial charge on any atom is -0.357 e. The molecule has 1 saturated carbocycles. The molecule has 0 unspecified atom stereocenters. The number of carbonyl (C=O) groups excluding carboxylic acids is 1. The van der Waals surface area contributed by atoms with Crippen molar-refractivity contribution in [3.63, 3.8) is 0 Å². The summed E-state index contributed by atoms with van der Waals surface area (Å²) >= 11 is 0. The first kappa shape index (κ1) is 24.3. The molecule has 1 aliphatic carbocycles. The van der Waals surface area contributed by atoms with Crippen molar-refractivity contribution in [2.75, 3.05) is 17.7 Å². The topological polar surface area (TPSA) is 118 Å². The van der Waals surface area contributed by atoms with Gasteiger partial charge in [-0.25, -0.2) is 0 Å². The minimum atomic E-state index is -4.49. The Labute approximate surface area is 200 Å². The SMILES string of the molecule is CNc1nc(NC2CCC(C(=O)NCc3cnccc3C(F)(F)F)CC2)nc(-c2cccnc2)n1. The lowest BCUT2D eigenvalue weighted by molar-refractivity contribution is -0.138. The van der Waals surface area contributed by atoms with E-state index in [1.807, 2.05) is 6.07 Å². The van der Waals surface area contributed by atoms with Crippen LogP contribution >= 0.6 is 0 Å². The fourth-order valence-corrected chi connectivity index (χ4v) is 4.03. The van der Waals surface area contributed by atoms with Gasteiger partial charge >= 0.3 is 6.18 Å². The van der Waals surface area contributed by atoms with E-state index in [0.29, 0.717) is 43.4 Å². The number of hydrogen-bond acceptors (Lipinski definition) is 8. The highest BCUT2D eigenvalue weighted by Gasteiger charge is 2.33. The molecule has 0 aliphatic heterocycles. The van der Waals surface area contributed by atoms with Crippen LogP contribution in [0.2, 0.25) is 0 Å². The Morgan fingerprint density at radius 2 is 1.74 bits per heavy atom. The number of alkyl halides is 3. The van der Waals surface area contributed by atoms with E-state index in [0.717, 1.165) is 24.0 Å². The van der Waals surface area contributed by atoms with Gasteiger partial charge in [0, 0.05) is 61.5 Å². The summed E-state index contributed by atoms with van der Waals surface area (Å²) in [7, 11) is 1.72. The molecule has 3 heterocycles. The molecule has 9 nitrogen and oxygen atoms in total. The number of nitrogens with zero attached hydrogens (tertiary/aromatic N) is 5. The molecule has 0 bridgehead atoms. The lowest BCUT2D eigenvalue weighted by Gasteiger charge is -2.28. The van der Waals surface area contributed by atoms with Gasteiger partial charge in [0.15, 0.2) is 5.82 Å². The highest BCUT2D eigenvalue weighted by atomic mass is 19.4. The summed E-state index contributed by atoms with van der Waals surface area (Å²) in [5.74, 6) is 0.810. The first-order chi connectivity index (χ1) is 16.8. The van der Waals surface area contributed by atoms with E-state index in [4.69, 9.17) is 0 Å². The van der Waals surface area contributed by atoms with Gasteiger partial charge in [-0.3, -0.25) is 14.8 Å². The normalized spacial score (nSPS) is 18.1. The van der Waals surface area contributed by atoms with Gasteiger partial charge < -0.3 is 16.0 Å². The van der Waals surface area contributed by atoms with Gasteiger partial charge in [0.05, 0.1) is 5.56 Å². The zero-order valence-corrected chi connectivity index (χ0v) is 19.0. The average molecular weight is 487 g/mol. The molecule has 3 aromatic heterocycles. The van der Waals surface area contributed by atoms with E-state index >= 15 is 0 Å². The van der Waals surface area contributed by atoms with Crippen LogP contribution in [0.25, 0.3) is 11.4 Å². The molecular formula is C23H25F3N8O. The Balaban J connectivity index is 1.33. The van der Waals surface area contributed by atoms with Gasteiger partial charge in [0.2, 0.25) is 17.8 Å². The van der Waals surface area contributed by atoms with Gasteiger partial charge in [-0.05, 0) is 43.9 Å². The van der Waals surface area contributed by atoms with E-state index in [1.165, 1.54) is 0 Å². The van der Waals surface area contributed by atoms with Crippen LogP contribution in [0.1, 0.15) is 36.8 Å². The first-order valence-electron chi connectivity index (χ1n) is 11.2. The molecule has 0 atom stereocenters. The van der Waals surface area contributed by atoms with Crippen molar-refractivity contribution in [2.24, 2.45) is 5.92 Å². The number of amides is 1. The van der Waals surface area contributed by atoms with Crippen LogP contribution in [0.4, 0.5) is 25.1 Å². The number of anilines is 2. The van der Waals surface area contributed by atoms with Crippen molar-refractivity contribution < 1.29 is 18.0 Å². The zero-order chi connectivity index (χ0) is 24.8. The molecule has 4 rings (SSSR count). The van der Waals surface area contributed by atoms with Gasteiger partial charge in [0.1, 0.15) is 0 Å². The Morgan fingerprint density at radius 1 is 1.00 bits per heavy atom. The zero-order valence-electron chi connectivity index (χ0n) is 19.0. The monoisotopic (exact) mass is 486 g/mol. The molecule has 1 amide bonds. The fourth-order valence-electron chi connectivity index (χ4n) is 4.03. The van der Waals surface area contributed by atoms with Crippen LogP contribution in [0.15, 0.2) is 43.0 Å². The molecule has 3 N–H and O–H groups in total. The molecule has 12 heteroatoms. The second-order valence-electron chi connectivity index (χ2n) is 8.24. The van der Waals surface area contributed by atoms with Crippen LogP contribution in [0.5, 0.6) is 0 Å². The second-order valence-corrected chi connectivity index (χ2v) is 8.24. The smallest absolute Gasteiger partial charge is 0.357 e. The molecular weight excluding hydrogens is 461 g/mol. The third-order valence-corrected chi connectivity index (χ3v) is 5.87. The standard InChI is InChI=1S/C23H25F3N8O/c1-27-21-32-19(15-3-2-9-28-11-15)33-22(34-21)31-17-6-4-14(5-7-17)20(35)30-13-16-12-29-10-8-18(16)23(24,25)26/h2-3,8-12,14,17H,4-7,13H2,1H3,(H,30,35)(H2,27,31,32,33,34). The van der Waals surface area contributed by atoms with Gasteiger partial charge in [-0.1, -0.05) is 0 Å². The van der Waals surface area contributed by atoms with Crippen molar-refractivity contribution in [3.05, 3.63) is 54.1 Å². The molecule has 0 radical (unpaired) electrons. The first-order valence-corrected chi connectivity index (χ1v) is 11.2. The number of halogens is 3. The van der Waals surface area contributed by atoms with Crippen LogP contribution in [-0.2, 0) is 17.5 Å². The lowest BCUT2D eigenvalue weighted by Crippen LogP contribution is -2.36. The van der Waals surface area contributed by atoms with Crippen LogP contribution in [0, 0.1) is 5.92 Å². The van der Waals surface area contributed by atoms with Gasteiger partial charge in [0.25, 0.3) is 0 Å². The van der Waals surface area contributed by atoms with E-state index in [1.54, 1.807) is 25.5 Å². The lowest BCUT2D eigenvalue weighted by atomic mass is 9.85. The summed E-state index contributed by atoms with van der Waals surface area (Å²) in [5.41, 5.74) is -0.0786. The fraction of sp³-hybridized carbons (Fsp3) is 0.391. The molecule has 0 spiro atoms. The molecule has 0 aromatic carbocycles. The molecule has 1 aliphatic rings. The summed E-state index contributed by atoms with van der Waals surface area (Å²) in [5, 5.41) is 8.89. The Bertz CT molecular complexity index is 1150. The maximum Gasteiger partial charge on any atom is 0.416 e. The Hall–Kier alpha value is -3.83. The number of aromatic nitrogens is 5. The number of nitrogens with one attached hydrogen (secondary N) is 3. The highest BCUT2D eigenvalue weighted by Crippen LogP contribution is 2.32. The number of hydrogen-bond donors (Lipinski definition) is 3. The Morgan fingerprint density at radius 3 is 2.43 bits per heavy atom. The van der Waals surface area contributed by atoms with E-state index in [2.05, 4.69) is 40.9 Å². The third-order valence-electron chi connectivity index (χ3n) is 5.87. The van der Waals surface area contributed by atoms with Crippen molar-refractivity contribution in [1.29, 1.82) is 0 Å². The number of pyridine rings is 2. The molecule has 1 fully saturated rings. The molecule has 3 aromatic rings. The highest BCUT2D eigenvalue weighted by molar-refractivity contribution is 5.78. The largest absolute Gasteiger partial charge is 0.416 e. The van der Waals surface area contributed by atoms with Crippen molar-refractivity contribution >= 4 is 17.8 Å². The maximum absolute atomic E-state index is 13.1. The van der Waals surface area contributed by atoms with Crippen molar-refractivity contribution in [1.82, 2.24) is 30.2 Å². The van der Waals surface area contributed by atoms with Crippen molar-refractivity contribution in [2.45, 2.75) is 44.4 Å². The summed E-state index contributed by atoms with van der Waals surface area (Å²) in [6, 6.07) is 4.63. The summed E-state index contributed by atoms with van der Waals surface area (Å²) in [6.07, 6.45) is 3.67. The molecule has 184 valence electrons. The van der Waals surface area contributed by atoms with Gasteiger partial charge in [-0.15, -0.1) is 0 Å². The maximum atomic E-state index is 13.1. The molecule has 35 heavy (non-hydrogen) atoms. The van der Waals surface area contributed by atoms with Crippen molar-refractivity contribution in [3.8, 4) is 11.4 Å². The van der Waals surface area contributed by atoms with Gasteiger partial charge in [-0.2, -0.15) is 28.1 Å².